The fourth-order valence-electron chi connectivity index (χ4n) is 11.8. The van der Waals surface area contributed by atoms with Crippen molar-refractivity contribution < 1.29 is 4.74 Å². The van der Waals surface area contributed by atoms with Gasteiger partial charge in [0.25, 0.3) is 0 Å². The highest BCUT2D eigenvalue weighted by atomic mass is 16.5. The van der Waals surface area contributed by atoms with E-state index in [9.17, 15) is 0 Å². The van der Waals surface area contributed by atoms with Crippen molar-refractivity contribution in [2.24, 2.45) is 58.7 Å². The van der Waals surface area contributed by atoms with E-state index in [0.717, 1.165) is 53.3 Å². The van der Waals surface area contributed by atoms with Crippen LogP contribution in [0.4, 0.5) is 0 Å². The Bertz CT molecular complexity index is 1370. The van der Waals surface area contributed by atoms with Gasteiger partial charge >= 0.3 is 0 Å². The molecule has 240 valence electrons. The fraction of sp³-hybridized carbons (Fsp3) is 0.591. The Balaban J connectivity index is 1.21. The average Bonchev–Trinajstić information content (AvgIpc) is 3.55. The summed E-state index contributed by atoms with van der Waals surface area (Å²) < 4.78 is 6.52. The summed E-state index contributed by atoms with van der Waals surface area (Å²) in [5.74, 6) is 8.86. The minimum Gasteiger partial charge on any atom is -0.380 e. The van der Waals surface area contributed by atoms with Crippen LogP contribution in [-0.4, -0.2) is 13.2 Å². The van der Waals surface area contributed by atoms with Crippen LogP contribution in [0.2, 0.25) is 0 Å². The summed E-state index contributed by atoms with van der Waals surface area (Å²) in [7, 11) is 1.98. The quantitative estimate of drug-likeness (QED) is 0.273. The van der Waals surface area contributed by atoms with Crippen molar-refractivity contribution in [2.75, 3.05) is 7.11 Å². The number of fused-ring (bicyclic) bond motifs is 2. The van der Waals surface area contributed by atoms with Crippen molar-refractivity contribution in [1.29, 1.82) is 0 Å². The summed E-state index contributed by atoms with van der Waals surface area (Å²) in [4.78, 5) is 0. The van der Waals surface area contributed by atoms with Gasteiger partial charge in [0.1, 0.15) is 0 Å². The zero-order valence-corrected chi connectivity index (χ0v) is 28.8. The van der Waals surface area contributed by atoms with Gasteiger partial charge in [-0.05, 0) is 120 Å². The molecular weight excluding hydrogens is 544 g/mol. The minimum absolute atomic E-state index is 0.231. The van der Waals surface area contributed by atoms with E-state index in [-0.39, 0.29) is 6.10 Å². The van der Waals surface area contributed by atoms with Crippen LogP contribution in [0.3, 0.4) is 0 Å². The summed E-state index contributed by atoms with van der Waals surface area (Å²) in [6, 6.07) is 34.5. The molecule has 0 bridgehead atoms. The average molecular weight is 603 g/mol. The molecule has 1 nitrogen and oxygen atoms in total. The molecule has 0 aliphatic heterocycles. The Morgan fingerprint density at radius 3 is 1.58 bits per heavy atom. The molecule has 45 heavy (non-hydrogen) atoms. The second-order valence-electron chi connectivity index (χ2n) is 17.1. The molecule has 0 heterocycles. The Morgan fingerprint density at radius 1 is 0.556 bits per heavy atom. The van der Waals surface area contributed by atoms with Crippen LogP contribution in [0.5, 0.6) is 0 Å². The van der Waals surface area contributed by atoms with E-state index < -0.39 is 0 Å². The zero-order valence-electron chi connectivity index (χ0n) is 28.8. The van der Waals surface area contributed by atoms with Crippen LogP contribution in [0, 0.1) is 58.7 Å². The predicted molar refractivity (Wildman–Crippen MR) is 188 cm³/mol. The van der Waals surface area contributed by atoms with E-state index in [0.29, 0.717) is 23.2 Å². The van der Waals surface area contributed by atoms with Gasteiger partial charge in [-0.3, -0.25) is 0 Å². The third kappa shape index (κ3) is 5.86. The molecule has 0 radical (unpaired) electrons. The van der Waals surface area contributed by atoms with Crippen molar-refractivity contribution in [2.45, 2.75) is 97.0 Å². The SMILES string of the molecule is COC1C(c2ccccc2)CC2C(CC3C(C)CC4C(c5ccccc5)CC(C(C)(C)C)CC34)C(C)CC2C1c1ccccc1. The summed E-state index contributed by atoms with van der Waals surface area (Å²) in [6.07, 6.45) is 8.52. The van der Waals surface area contributed by atoms with Crippen LogP contribution in [0.15, 0.2) is 91.0 Å². The molecule has 13 unspecified atom stereocenters. The van der Waals surface area contributed by atoms with Crippen LogP contribution in [0.25, 0.3) is 0 Å². The maximum atomic E-state index is 6.52. The largest absolute Gasteiger partial charge is 0.380 e. The van der Waals surface area contributed by atoms with E-state index >= 15 is 0 Å². The van der Waals surface area contributed by atoms with Gasteiger partial charge in [0.05, 0.1) is 6.10 Å². The van der Waals surface area contributed by atoms with Gasteiger partial charge in [0.15, 0.2) is 0 Å². The second kappa shape index (κ2) is 12.7. The minimum atomic E-state index is 0.231. The molecule has 4 aliphatic carbocycles. The Labute approximate surface area is 274 Å². The smallest absolute Gasteiger partial charge is 0.0711 e. The van der Waals surface area contributed by atoms with Crippen LogP contribution in [-0.2, 0) is 4.74 Å². The first-order valence-corrected chi connectivity index (χ1v) is 18.4. The van der Waals surface area contributed by atoms with Crippen molar-refractivity contribution in [3.8, 4) is 0 Å². The molecule has 13 atom stereocenters. The summed E-state index contributed by atoms with van der Waals surface area (Å²) in [5.41, 5.74) is 4.94. The molecule has 0 N–H and O–H groups in total. The Hall–Kier alpha value is -2.38. The highest BCUT2D eigenvalue weighted by molar-refractivity contribution is 5.31. The van der Waals surface area contributed by atoms with E-state index in [1.165, 1.54) is 49.7 Å². The first kappa shape index (κ1) is 31.2. The van der Waals surface area contributed by atoms with Gasteiger partial charge in [-0.15, -0.1) is 0 Å². The maximum Gasteiger partial charge on any atom is 0.0711 e. The number of hydrogen-bond acceptors (Lipinski definition) is 1. The Morgan fingerprint density at radius 2 is 1.04 bits per heavy atom. The van der Waals surface area contributed by atoms with E-state index in [2.05, 4.69) is 126 Å². The lowest BCUT2D eigenvalue weighted by molar-refractivity contribution is -0.0137. The van der Waals surface area contributed by atoms with Gasteiger partial charge in [-0.2, -0.15) is 0 Å². The lowest BCUT2D eigenvalue weighted by Crippen LogP contribution is -2.42. The van der Waals surface area contributed by atoms with Gasteiger partial charge in [0, 0.05) is 18.9 Å². The van der Waals surface area contributed by atoms with Gasteiger partial charge in [-0.25, -0.2) is 0 Å². The number of methoxy groups -OCH3 is 1. The van der Waals surface area contributed by atoms with Crippen LogP contribution in [0.1, 0.15) is 108 Å². The third-order valence-corrected chi connectivity index (χ3v) is 14.0. The highest BCUT2D eigenvalue weighted by Crippen LogP contribution is 2.64. The first-order chi connectivity index (χ1) is 21.7. The summed E-state index contributed by atoms with van der Waals surface area (Å²) in [5, 5.41) is 0. The number of rotatable bonds is 6. The molecule has 4 aliphatic rings. The molecule has 3 aromatic carbocycles. The molecule has 4 fully saturated rings. The molecule has 0 spiro atoms. The zero-order chi connectivity index (χ0) is 31.3. The number of benzene rings is 3. The standard InChI is InChI=1S/C44H58O/c1-28-22-38-36(30-16-10-7-11-17-30)24-33(44(3,4)5)25-39(38)34(28)26-35-29(2)23-41-40(35)27-37(31-18-12-8-13-19-31)43(45-6)42(41)32-20-14-9-15-21-32/h7-21,28-29,33-43H,22-27H2,1-6H3. The molecule has 1 heteroatoms. The predicted octanol–water partition coefficient (Wildman–Crippen LogP) is 11.4. The molecule has 0 saturated heterocycles. The lowest BCUT2D eigenvalue weighted by Gasteiger charge is -2.48. The lowest BCUT2D eigenvalue weighted by atomic mass is 9.58. The Kier molecular flexibility index (Phi) is 8.79. The molecule has 0 aromatic heterocycles. The van der Waals surface area contributed by atoms with Crippen molar-refractivity contribution >= 4 is 0 Å². The van der Waals surface area contributed by atoms with Crippen LogP contribution >= 0.6 is 0 Å². The highest BCUT2D eigenvalue weighted by Gasteiger charge is 2.56. The van der Waals surface area contributed by atoms with Crippen LogP contribution < -0.4 is 0 Å². The van der Waals surface area contributed by atoms with Gasteiger partial charge in [-0.1, -0.05) is 126 Å². The van der Waals surface area contributed by atoms with Crippen molar-refractivity contribution in [1.82, 2.24) is 0 Å². The van der Waals surface area contributed by atoms with Gasteiger partial charge in [0.2, 0.25) is 0 Å². The number of hydrogen-bond donors (Lipinski definition) is 0. The van der Waals surface area contributed by atoms with E-state index in [1.807, 2.05) is 7.11 Å². The monoisotopic (exact) mass is 602 g/mol. The molecule has 4 saturated carbocycles. The van der Waals surface area contributed by atoms with Crippen molar-refractivity contribution in [3.63, 3.8) is 0 Å². The van der Waals surface area contributed by atoms with Gasteiger partial charge < -0.3 is 4.74 Å². The number of ether oxygens (including phenoxy) is 1. The van der Waals surface area contributed by atoms with E-state index in [4.69, 9.17) is 4.74 Å². The summed E-state index contributed by atoms with van der Waals surface area (Å²) >= 11 is 0. The topological polar surface area (TPSA) is 9.23 Å². The molecule has 7 rings (SSSR count). The normalized spacial score (nSPS) is 39.7. The second-order valence-corrected chi connectivity index (χ2v) is 17.1. The molecule has 0 amide bonds. The third-order valence-electron chi connectivity index (χ3n) is 14.0. The fourth-order valence-corrected chi connectivity index (χ4v) is 11.8. The first-order valence-electron chi connectivity index (χ1n) is 18.4. The maximum absolute atomic E-state index is 6.52. The summed E-state index contributed by atoms with van der Waals surface area (Å²) in [6.45, 7) is 12.8. The van der Waals surface area contributed by atoms with E-state index in [1.54, 1.807) is 5.56 Å². The molecule has 3 aromatic rings. The van der Waals surface area contributed by atoms with Crippen molar-refractivity contribution in [3.05, 3.63) is 108 Å². The molecular formula is C44H58O.